The highest BCUT2D eigenvalue weighted by atomic mass is 19.1. The first-order valence-corrected chi connectivity index (χ1v) is 5.45. The Bertz CT molecular complexity index is 460. The zero-order valence-corrected chi connectivity index (χ0v) is 9.72. The molecule has 0 saturated carbocycles. The van der Waals surface area contributed by atoms with Gasteiger partial charge in [0.2, 0.25) is 5.91 Å². The van der Waals surface area contributed by atoms with Gasteiger partial charge in [0.15, 0.2) is 0 Å². The fourth-order valence-electron chi connectivity index (χ4n) is 1.29. The molecule has 90 valence electrons. The van der Waals surface area contributed by atoms with Crippen molar-refractivity contribution in [2.75, 3.05) is 11.9 Å². The third kappa shape index (κ3) is 4.25. The Hall–Kier alpha value is -1.86. The molecule has 1 rings (SSSR count). The third-order valence-corrected chi connectivity index (χ3v) is 2.06. The Morgan fingerprint density at radius 3 is 2.88 bits per heavy atom. The van der Waals surface area contributed by atoms with Gasteiger partial charge in [0.1, 0.15) is 5.82 Å². The summed E-state index contributed by atoms with van der Waals surface area (Å²) in [7, 11) is 0. The standard InChI is InChI=1S/C13H15FN2O/c1-2-4-13(17)16-12-7-6-10(5-3-8-15)9-11(12)14/h6-7,9H,2,4,8,15H2,1H3,(H,16,17). The first-order valence-electron chi connectivity index (χ1n) is 5.45. The van der Waals surface area contributed by atoms with Gasteiger partial charge in [-0.3, -0.25) is 4.79 Å². The normalized spacial score (nSPS) is 9.35. The van der Waals surface area contributed by atoms with Gasteiger partial charge in [-0.25, -0.2) is 4.39 Å². The summed E-state index contributed by atoms with van der Waals surface area (Å²) in [5, 5.41) is 2.51. The largest absolute Gasteiger partial charge is 0.324 e. The topological polar surface area (TPSA) is 55.1 Å². The predicted molar refractivity (Wildman–Crippen MR) is 65.9 cm³/mol. The van der Waals surface area contributed by atoms with Crippen LogP contribution >= 0.6 is 0 Å². The molecule has 0 radical (unpaired) electrons. The first-order chi connectivity index (χ1) is 8.17. The van der Waals surface area contributed by atoms with Crippen LogP contribution in [0.15, 0.2) is 18.2 Å². The van der Waals surface area contributed by atoms with Crippen LogP contribution < -0.4 is 11.1 Å². The number of carbonyl (C=O) groups excluding carboxylic acids is 1. The minimum absolute atomic E-state index is 0.182. The second-order valence-electron chi connectivity index (χ2n) is 3.50. The van der Waals surface area contributed by atoms with E-state index in [1.165, 1.54) is 12.1 Å². The smallest absolute Gasteiger partial charge is 0.224 e. The number of anilines is 1. The zero-order chi connectivity index (χ0) is 12.7. The second kappa shape index (κ2) is 6.66. The molecule has 0 unspecified atom stereocenters. The fraction of sp³-hybridized carbons (Fsp3) is 0.308. The van der Waals surface area contributed by atoms with Crippen molar-refractivity contribution in [2.24, 2.45) is 5.73 Å². The van der Waals surface area contributed by atoms with Crippen molar-refractivity contribution in [1.82, 2.24) is 0 Å². The molecule has 0 bridgehead atoms. The van der Waals surface area contributed by atoms with Crippen LogP contribution in [0.4, 0.5) is 10.1 Å². The van der Waals surface area contributed by atoms with Gasteiger partial charge in [-0.1, -0.05) is 18.8 Å². The summed E-state index contributed by atoms with van der Waals surface area (Å²) in [6, 6.07) is 4.43. The molecule has 0 heterocycles. The maximum atomic E-state index is 13.6. The molecule has 0 fully saturated rings. The first kappa shape index (κ1) is 13.2. The molecule has 0 aromatic heterocycles. The van der Waals surface area contributed by atoms with Crippen LogP contribution in [0.2, 0.25) is 0 Å². The van der Waals surface area contributed by atoms with Gasteiger partial charge in [-0.05, 0) is 24.6 Å². The molecule has 1 aromatic rings. The highest BCUT2D eigenvalue weighted by molar-refractivity contribution is 5.90. The SMILES string of the molecule is CCCC(=O)Nc1ccc(C#CCN)cc1F. The van der Waals surface area contributed by atoms with Crippen LogP contribution in [0.1, 0.15) is 25.3 Å². The van der Waals surface area contributed by atoms with E-state index in [1.54, 1.807) is 6.07 Å². The van der Waals surface area contributed by atoms with E-state index in [9.17, 15) is 9.18 Å². The molecule has 3 nitrogen and oxygen atoms in total. The van der Waals surface area contributed by atoms with Crippen molar-refractivity contribution < 1.29 is 9.18 Å². The fourth-order valence-corrected chi connectivity index (χ4v) is 1.29. The second-order valence-corrected chi connectivity index (χ2v) is 3.50. The van der Waals surface area contributed by atoms with Crippen LogP contribution in [0.5, 0.6) is 0 Å². The lowest BCUT2D eigenvalue weighted by atomic mass is 10.2. The molecule has 0 atom stereocenters. The number of benzene rings is 1. The van der Waals surface area contributed by atoms with Gasteiger partial charge >= 0.3 is 0 Å². The Morgan fingerprint density at radius 1 is 1.53 bits per heavy atom. The Labute approximate surface area is 100 Å². The van der Waals surface area contributed by atoms with Crippen molar-refractivity contribution in [3.8, 4) is 11.8 Å². The van der Waals surface area contributed by atoms with Crippen LogP contribution in [-0.2, 0) is 4.79 Å². The van der Waals surface area contributed by atoms with Crippen LogP contribution in [-0.4, -0.2) is 12.5 Å². The van der Waals surface area contributed by atoms with Crippen molar-refractivity contribution >= 4 is 11.6 Å². The Morgan fingerprint density at radius 2 is 2.29 bits per heavy atom. The van der Waals surface area contributed by atoms with E-state index < -0.39 is 5.82 Å². The number of amides is 1. The van der Waals surface area contributed by atoms with E-state index in [1.807, 2.05) is 6.92 Å². The molecule has 4 heteroatoms. The quantitative estimate of drug-likeness (QED) is 0.784. The summed E-state index contributed by atoms with van der Waals surface area (Å²) < 4.78 is 13.6. The number of carbonyl (C=O) groups is 1. The van der Waals surface area contributed by atoms with E-state index in [-0.39, 0.29) is 18.1 Å². The van der Waals surface area contributed by atoms with Gasteiger partial charge in [-0.15, -0.1) is 0 Å². The molecular formula is C13H15FN2O. The molecule has 17 heavy (non-hydrogen) atoms. The van der Waals surface area contributed by atoms with Crippen LogP contribution in [0, 0.1) is 17.7 Å². The third-order valence-electron chi connectivity index (χ3n) is 2.06. The Balaban J connectivity index is 2.79. The van der Waals surface area contributed by atoms with Gasteiger partial charge in [0, 0.05) is 12.0 Å². The van der Waals surface area contributed by atoms with E-state index in [2.05, 4.69) is 17.2 Å². The van der Waals surface area contributed by atoms with Crippen LogP contribution in [0.3, 0.4) is 0 Å². The molecule has 1 amide bonds. The van der Waals surface area contributed by atoms with Gasteiger partial charge in [0.05, 0.1) is 12.2 Å². The van der Waals surface area contributed by atoms with Gasteiger partial charge in [0.25, 0.3) is 0 Å². The number of hydrogen-bond acceptors (Lipinski definition) is 2. The van der Waals surface area contributed by atoms with E-state index in [0.29, 0.717) is 12.0 Å². The molecular weight excluding hydrogens is 219 g/mol. The van der Waals surface area contributed by atoms with E-state index in [0.717, 1.165) is 6.42 Å². The van der Waals surface area contributed by atoms with Crippen molar-refractivity contribution in [1.29, 1.82) is 0 Å². The Kier molecular flexibility index (Phi) is 5.18. The maximum Gasteiger partial charge on any atom is 0.224 e. The van der Waals surface area contributed by atoms with E-state index in [4.69, 9.17) is 5.73 Å². The molecule has 0 spiro atoms. The monoisotopic (exact) mass is 234 g/mol. The molecule has 0 saturated heterocycles. The number of nitrogens with two attached hydrogens (primary N) is 1. The molecule has 1 aromatic carbocycles. The average molecular weight is 234 g/mol. The summed E-state index contributed by atoms with van der Waals surface area (Å²) in [5.41, 5.74) is 5.94. The summed E-state index contributed by atoms with van der Waals surface area (Å²) >= 11 is 0. The van der Waals surface area contributed by atoms with Crippen molar-refractivity contribution in [3.05, 3.63) is 29.6 Å². The summed E-state index contributed by atoms with van der Waals surface area (Å²) in [6.45, 7) is 2.12. The molecule has 3 N–H and O–H groups in total. The van der Waals surface area contributed by atoms with Gasteiger partial charge in [-0.2, -0.15) is 0 Å². The number of nitrogens with one attached hydrogen (secondary N) is 1. The summed E-state index contributed by atoms with van der Waals surface area (Å²) in [4.78, 5) is 11.3. The highest BCUT2D eigenvalue weighted by Crippen LogP contribution is 2.15. The minimum Gasteiger partial charge on any atom is -0.324 e. The average Bonchev–Trinajstić information content (AvgIpc) is 2.30. The van der Waals surface area contributed by atoms with Crippen molar-refractivity contribution in [3.63, 3.8) is 0 Å². The zero-order valence-electron chi connectivity index (χ0n) is 9.72. The number of halogens is 1. The lowest BCUT2D eigenvalue weighted by Gasteiger charge is -2.05. The van der Waals surface area contributed by atoms with Gasteiger partial charge < -0.3 is 11.1 Å². The summed E-state index contributed by atoms with van der Waals surface area (Å²) in [5.74, 6) is 4.68. The minimum atomic E-state index is -0.488. The number of rotatable bonds is 3. The maximum absolute atomic E-state index is 13.6. The lowest BCUT2D eigenvalue weighted by molar-refractivity contribution is -0.116. The molecule has 0 aliphatic heterocycles. The summed E-state index contributed by atoms with van der Waals surface area (Å²) in [6.07, 6.45) is 1.11. The molecule has 0 aliphatic rings. The van der Waals surface area contributed by atoms with E-state index >= 15 is 0 Å². The molecule has 0 aliphatic carbocycles. The van der Waals surface area contributed by atoms with Crippen LogP contribution in [0.25, 0.3) is 0 Å². The number of hydrogen-bond donors (Lipinski definition) is 2. The predicted octanol–water partition coefficient (Wildman–Crippen LogP) is 1.87. The lowest BCUT2D eigenvalue weighted by Crippen LogP contribution is -2.11. The van der Waals surface area contributed by atoms with Crippen molar-refractivity contribution in [2.45, 2.75) is 19.8 Å². The highest BCUT2D eigenvalue weighted by Gasteiger charge is 2.06.